The van der Waals surface area contributed by atoms with E-state index in [0.717, 1.165) is 37.8 Å². The number of aryl methyl sites for hydroxylation is 1. The molecule has 1 fully saturated rings. The molecule has 1 aromatic carbocycles. The van der Waals surface area contributed by atoms with Crippen LogP contribution in [0.5, 0.6) is 0 Å². The van der Waals surface area contributed by atoms with Gasteiger partial charge in [-0.15, -0.1) is 12.4 Å². The Hall–Kier alpha value is -1.70. The number of carbonyl (C=O) groups is 1. The van der Waals surface area contributed by atoms with Gasteiger partial charge in [-0.2, -0.15) is 10.1 Å². The molecule has 6 nitrogen and oxygen atoms in total. The standard InChI is InChI=1S/C15H17ClFN5O.ClH/c1-22-15(19-13(21-22)9-4-6-18-7-5-9)20-14(23)11-3-2-10(17)8-12(11)16;/h2-3,8-9,18H,4-7H2,1H3,(H,19,20,21,23);1H. The second-order valence-electron chi connectivity index (χ2n) is 5.52. The van der Waals surface area contributed by atoms with E-state index in [1.54, 1.807) is 7.05 Å². The summed E-state index contributed by atoms with van der Waals surface area (Å²) in [5.41, 5.74) is 0.194. The summed E-state index contributed by atoms with van der Waals surface area (Å²) in [6.07, 6.45) is 1.95. The maximum Gasteiger partial charge on any atom is 0.259 e. The third-order valence-corrected chi connectivity index (χ3v) is 4.20. The summed E-state index contributed by atoms with van der Waals surface area (Å²) in [5.74, 6) is 0.446. The van der Waals surface area contributed by atoms with Crippen LogP contribution in [0, 0.1) is 5.82 Å². The molecule has 0 aliphatic carbocycles. The lowest BCUT2D eigenvalue weighted by Crippen LogP contribution is -2.27. The molecule has 1 aliphatic heterocycles. The third kappa shape index (κ3) is 4.03. The topological polar surface area (TPSA) is 71.8 Å². The van der Waals surface area contributed by atoms with Crippen LogP contribution in [0.25, 0.3) is 0 Å². The molecule has 2 heterocycles. The molecule has 0 spiro atoms. The number of piperidine rings is 1. The number of nitrogens with zero attached hydrogens (tertiary/aromatic N) is 3. The first kappa shape index (κ1) is 18.6. The first-order valence-corrected chi connectivity index (χ1v) is 7.80. The highest BCUT2D eigenvalue weighted by atomic mass is 35.5. The van der Waals surface area contributed by atoms with Crippen molar-refractivity contribution in [3.05, 3.63) is 40.4 Å². The molecule has 0 bridgehead atoms. The Kier molecular flexibility index (Phi) is 6.15. The second kappa shape index (κ2) is 7.92. The molecular formula is C15H18Cl2FN5O. The van der Waals surface area contributed by atoms with Crippen LogP contribution in [-0.2, 0) is 7.05 Å². The van der Waals surface area contributed by atoms with Crippen LogP contribution >= 0.6 is 24.0 Å². The minimum atomic E-state index is -0.488. The fourth-order valence-electron chi connectivity index (χ4n) is 2.61. The number of aromatic nitrogens is 3. The van der Waals surface area contributed by atoms with E-state index in [1.807, 2.05) is 0 Å². The van der Waals surface area contributed by atoms with Gasteiger partial charge >= 0.3 is 0 Å². The summed E-state index contributed by atoms with van der Waals surface area (Å²) in [7, 11) is 1.72. The van der Waals surface area contributed by atoms with Crippen molar-refractivity contribution >= 4 is 35.9 Å². The molecule has 1 saturated heterocycles. The van der Waals surface area contributed by atoms with Crippen LogP contribution in [0.15, 0.2) is 18.2 Å². The fraction of sp³-hybridized carbons (Fsp3) is 0.400. The fourth-order valence-corrected chi connectivity index (χ4v) is 2.86. The van der Waals surface area contributed by atoms with Crippen molar-refractivity contribution < 1.29 is 9.18 Å². The number of halogens is 3. The molecule has 0 unspecified atom stereocenters. The Morgan fingerprint density at radius 3 is 2.79 bits per heavy atom. The quantitative estimate of drug-likeness (QED) is 0.867. The summed E-state index contributed by atoms with van der Waals surface area (Å²) in [4.78, 5) is 16.7. The van der Waals surface area contributed by atoms with E-state index in [0.29, 0.717) is 11.9 Å². The first-order chi connectivity index (χ1) is 11.0. The number of anilines is 1. The number of rotatable bonds is 3. The van der Waals surface area contributed by atoms with Gasteiger partial charge in [-0.3, -0.25) is 10.1 Å². The van der Waals surface area contributed by atoms with Crippen LogP contribution in [0.2, 0.25) is 5.02 Å². The van der Waals surface area contributed by atoms with Crippen molar-refractivity contribution in [2.75, 3.05) is 18.4 Å². The molecule has 130 valence electrons. The minimum Gasteiger partial charge on any atom is -0.317 e. The van der Waals surface area contributed by atoms with Gasteiger partial charge in [-0.05, 0) is 44.1 Å². The van der Waals surface area contributed by atoms with Gasteiger partial charge in [0.2, 0.25) is 5.95 Å². The number of carbonyl (C=O) groups excluding carboxylic acids is 1. The largest absolute Gasteiger partial charge is 0.317 e. The SMILES string of the molecule is Cl.Cn1nc(C2CCNCC2)nc1NC(=O)c1ccc(F)cc1Cl. The van der Waals surface area contributed by atoms with E-state index < -0.39 is 11.7 Å². The van der Waals surface area contributed by atoms with Crippen LogP contribution in [0.1, 0.15) is 34.9 Å². The zero-order chi connectivity index (χ0) is 16.4. The molecule has 9 heteroatoms. The van der Waals surface area contributed by atoms with Gasteiger partial charge in [0, 0.05) is 13.0 Å². The Morgan fingerprint density at radius 2 is 2.12 bits per heavy atom. The van der Waals surface area contributed by atoms with Crippen molar-refractivity contribution in [1.82, 2.24) is 20.1 Å². The molecule has 0 saturated carbocycles. The smallest absolute Gasteiger partial charge is 0.259 e. The molecule has 1 amide bonds. The lowest BCUT2D eigenvalue weighted by atomic mass is 9.98. The summed E-state index contributed by atoms with van der Waals surface area (Å²) < 4.78 is 14.6. The van der Waals surface area contributed by atoms with Crippen molar-refractivity contribution in [2.45, 2.75) is 18.8 Å². The Morgan fingerprint density at radius 1 is 1.42 bits per heavy atom. The second-order valence-corrected chi connectivity index (χ2v) is 5.93. The highest BCUT2D eigenvalue weighted by Gasteiger charge is 2.22. The molecule has 2 N–H and O–H groups in total. The Balaban J connectivity index is 0.00000208. The van der Waals surface area contributed by atoms with Gasteiger partial charge in [0.1, 0.15) is 5.82 Å². The number of benzene rings is 1. The maximum absolute atomic E-state index is 13.1. The van der Waals surface area contributed by atoms with E-state index in [2.05, 4.69) is 20.7 Å². The molecule has 2 aromatic rings. The van der Waals surface area contributed by atoms with E-state index in [9.17, 15) is 9.18 Å². The summed E-state index contributed by atoms with van der Waals surface area (Å²) in [6.45, 7) is 1.88. The highest BCUT2D eigenvalue weighted by molar-refractivity contribution is 6.34. The van der Waals surface area contributed by atoms with Gasteiger partial charge in [0.15, 0.2) is 5.82 Å². The number of nitrogens with one attached hydrogen (secondary N) is 2. The zero-order valence-electron chi connectivity index (χ0n) is 13.1. The van der Waals surface area contributed by atoms with E-state index in [4.69, 9.17) is 11.6 Å². The van der Waals surface area contributed by atoms with Gasteiger partial charge in [-0.1, -0.05) is 11.6 Å². The Bertz CT molecular complexity index is 731. The van der Waals surface area contributed by atoms with E-state index >= 15 is 0 Å². The predicted octanol–water partition coefficient (Wildman–Crippen LogP) is 2.75. The monoisotopic (exact) mass is 373 g/mol. The van der Waals surface area contributed by atoms with Gasteiger partial charge in [0.05, 0.1) is 10.6 Å². The first-order valence-electron chi connectivity index (χ1n) is 7.42. The highest BCUT2D eigenvalue weighted by Crippen LogP contribution is 2.24. The minimum absolute atomic E-state index is 0. The van der Waals surface area contributed by atoms with Gasteiger partial charge in [-0.25, -0.2) is 9.07 Å². The Labute approximate surface area is 150 Å². The lowest BCUT2D eigenvalue weighted by Gasteiger charge is -2.19. The number of amides is 1. The molecule has 24 heavy (non-hydrogen) atoms. The van der Waals surface area contributed by atoms with Crippen LogP contribution in [0.3, 0.4) is 0 Å². The van der Waals surface area contributed by atoms with Crippen molar-refractivity contribution in [1.29, 1.82) is 0 Å². The molecular weight excluding hydrogens is 356 g/mol. The van der Waals surface area contributed by atoms with Crippen LogP contribution < -0.4 is 10.6 Å². The molecule has 3 rings (SSSR count). The predicted molar refractivity (Wildman–Crippen MR) is 92.5 cm³/mol. The molecule has 0 radical (unpaired) electrons. The normalized spacial score (nSPS) is 15.0. The van der Waals surface area contributed by atoms with Gasteiger partial charge in [0.25, 0.3) is 5.91 Å². The van der Waals surface area contributed by atoms with Crippen LogP contribution in [0.4, 0.5) is 10.3 Å². The van der Waals surface area contributed by atoms with E-state index in [-0.39, 0.29) is 23.0 Å². The van der Waals surface area contributed by atoms with Crippen molar-refractivity contribution in [2.24, 2.45) is 7.05 Å². The molecule has 0 atom stereocenters. The molecule has 1 aliphatic rings. The third-order valence-electron chi connectivity index (χ3n) is 3.88. The van der Waals surface area contributed by atoms with Crippen molar-refractivity contribution in [3.8, 4) is 0 Å². The summed E-state index contributed by atoms with van der Waals surface area (Å²) in [6, 6.07) is 3.64. The number of hydrogen-bond donors (Lipinski definition) is 2. The average Bonchev–Trinajstić information content (AvgIpc) is 2.89. The van der Waals surface area contributed by atoms with E-state index in [1.165, 1.54) is 16.8 Å². The van der Waals surface area contributed by atoms with Gasteiger partial charge < -0.3 is 5.32 Å². The van der Waals surface area contributed by atoms with Crippen LogP contribution in [-0.4, -0.2) is 33.8 Å². The summed E-state index contributed by atoms with van der Waals surface area (Å²) in [5, 5.41) is 10.4. The zero-order valence-corrected chi connectivity index (χ0v) is 14.6. The lowest BCUT2D eigenvalue weighted by molar-refractivity contribution is 0.102. The van der Waals surface area contributed by atoms with Crippen molar-refractivity contribution in [3.63, 3.8) is 0 Å². The maximum atomic E-state index is 13.1. The average molecular weight is 374 g/mol. The molecule has 1 aromatic heterocycles. The summed E-state index contributed by atoms with van der Waals surface area (Å²) >= 11 is 5.91. The number of hydrogen-bond acceptors (Lipinski definition) is 4.